The van der Waals surface area contributed by atoms with E-state index in [2.05, 4.69) is 45.9 Å². The second-order valence-electron chi connectivity index (χ2n) is 10.9. The molecule has 1 N–H and O–H groups in total. The highest BCUT2D eigenvalue weighted by Crippen LogP contribution is 2.38. The van der Waals surface area contributed by atoms with E-state index >= 15 is 0 Å². The average molecular weight is 661 g/mol. The molecule has 1 rings (SSSR count). The molecule has 11 nitrogen and oxygen atoms in total. The molecule has 1 aromatic carbocycles. The number of benzene rings is 1. The molecule has 0 amide bonds. The van der Waals surface area contributed by atoms with E-state index in [4.69, 9.17) is 52.5 Å². The molecule has 46 heavy (non-hydrogen) atoms. The Kier molecular flexibility index (Phi) is 29.8. The van der Waals surface area contributed by atoms with Crippen LogP contribution < -0.4 is 4.74 Å². The van der Waals surface area contributed by atoms with Gasteiger partial charge in [-0.05, 0) is 29.4 Å². The highest BCUT2D eigenvalue weighted by Gasteiger charge is 2.24. The van der Waals surface area contributed by atoms with Gasteiger partial charge in [0, 0.05) is 0 Å². The lowest BCUT2D eigenvalue weighted by Gasteiger charge is -2.29. The molecule has 0 bridgehead atoms. The molecule has 0 aliphatic rings. The summed E-state index contributed by atoms with van der Waals surface area (Å²) in [4.78, 5) is 0. The van der Waals surface area contributed by atoms with Crippen molar-refractivity contribution in [2.75, 3.05) is 132 Å². The van der Waals surface area contributed by atoms with Crippen molar-refractivity contribution in [2.45, 2.75) is 46.5 Å². The SMILES string of the molecule is CCC(C)C(CC)C(C)c1ccccc1OCCOCCOCCOCCOCCOCCOCCOCCOCCOCCO. The molecule has 0 aromatic heterocycles. The van der Waals surface area contributed by atoms with Crippen LogP contribution in [0.5, 0.6) is 5.75 Å². The van der Waals surface area contributed by atoms with Crippen molar-refractivity contribution in [1.29, 1.82) is 0 Å². The van der Waals surface area contributed by atoms with Gasteiger partial charge in [-0.3, -0.25) is 0 Å². The molecule has 0 fully saturated rings. The van der Waals surface area contributed by atoms with Gasteiger partial charge in [0.05, 0.1) is 126 Å². The summed E-state index contributed by atoms with van der Waals surface area (Å²) < 4.78 is 55.2. The number of aliphatic hydroxyl groups excluding tert-OH is 1. The monoisotopic (exact) mass is 660 g/mol. The first kappa shape index (κ1) is 42.6. The van der Waals surface area contributed by atoms with Gasteiger partial charge in [-0.25, -0.2) is 0 Å². The van der Waals surface area contributed by atoms with E-state index in [1.165, 1.54) is 18.4 Å². The van der Waals surface area contributed by atoms with Gasteiger partial charge in [0.2, 0.25) is 0 Å². The lowest BCUT2D eigenvalue weighted by molar-refractivity contribution is -0.0258. The third-order valence-corrected chi connectivity index (χ3v) is 7.59. The molecule has 270 valence electrons. The molecular formula is C35H64O11. The number of rotatable bonds is 35. The molecule has 0 aliphatic carbocycles. The molecular weight excluding hydrogens is 596 g/mol. The topological polar surface area (TPSA) is 113 Å². The fraction of sp³-hybridized carbons (Fsp3) is 0.829. The van der Waals surface area contributed by atoms with E-state index in [0.717, 1.165) is 5.75 Å². The second-order valence-corrected chi connectivity index (χ2v) is 10.9. The zero-order valence-corrected chi connectivity index (χ0v) is 29.1. The van der Waals surface area contributed by atoms with E-state index in [9.17, 15) is 0 Å². The molecule has 3 atom stereocenters. The standard InChI is InChI=1S/C35H64O11/c1-5-31(3)33(6-2)32(4)34-9-7-8-10-35(34)46-30-29-45-28-27-44-26-25-43-24-23-42-22-21-41-20-19-40-18-17-39-16-15-38-14-13-37-12-11-36/h7-10,31-33,36H,5-6,11-30H2,1-4H3. The Morgan fingerprint density at radius 3 is 1.17 bits per heavy atom. The molecule has 0 radical (unpaired) electrons. The Bertz CT molecular complexity index is 770. The second kappa shape index (κ2) is 32.2. The van der Waals surface area contributed by atoms with E-state index in [1.807, 2.05) is 6.07 Å². The van der Waals surface area contributed by atoms with Gasteiger partial charge in [0.15, 0.2) is 0 Å². The van der Waals surface area contributed by atoms with Crippen molar-refractivity contribution in [3.05, 3.63) is 29.8 Å². The van der Waals surface area contributed by atoms with Crippen LogP contribution in [0.4, 0.5) is 0 Å². The first-order chi connectivity index (χ1) is 22.7. The maximum Gasteiger partial charge on any atom is 0.122 e. The van der Waals surface area contributed by atoms with Crippen LogP contribution in [0, 0.1) is 11.8 Å². The molecule has 1 aromatic rings. The van der Waals surface area contributed by atoms with Crippen LogP contribution in [-0.4, -0.2) is 137 Å². The minimum atomic E-state index is 0.0273. The molecule has 0 aliphatic heterocycles. The first-order valence-corrected chi connectivity index (χ1v) is 17.2. The van der Waals surface area contributed by atoms with Crippen LogP contribution in [0.2, 0.25) is 0 Å². The molecule has 0 spiro atoms. The quantitative estimate of drug-likeness (QED) is 0.105. The predicted octanol–water partition coefficient (Wildman–Crippen LogP) is 4.38. The Labute approximate surface area is 278 Å². The smallest absolute Gasteiger partial charge is 0.122 e. The fourth-order valence-electron chi connectivity index (χ4n) is 4.91. The minimum Gasteiger partial charge on any atom is -0.491 e. The van der Waals surface area contributed by atoms with Gasteiger partial charge in [-0.15, -0.1) is 0 Å². The third-order valence-electron chi connectivity index (χ3n) is 7.59. The largest absolute Gasteiger partial charge is 0.491 e. The number of hydrogen-bond donors (Lipinski definition) is 1. The maximum absolute atomic E-state index is 8.59. The van der Waals surface area contributed by atoms with Gasteiger partial charge in [0.25, 0.3) is 0 Å². The van der Waals surface area contributed by atoms with Crippen molar-refractivity contribution in [1.82, 2.24) is 0 Å². The Morgan fingerprint density at radius 1 is 0.478 bits per heavy atom. The molecule has 3 unspecified atom stereocenters. The van der Waals surface area contributed by atoms with Gasteiger partial charge in [-0.2, -0.15) is 0 Å². The summed E-state index contributed by atoms with van der Waals surface area (Å²) >= 11 is 0. The third kappa shape index (κ3) is 23.0. The lowest BCUT2D eigenvalue weighted by Crippen LogP contribution is -2.18. The summed E-state index contributed by atoms with van der Waals surface area (Å²) in [6.07, 6.45) is 2.36. The van der Waals surface area contributed by atoms with Crippen molar-refractivity contribution in [2.24, 2.45) is 11.8 Å². The number of aliphatic hydroxyl groups is 1. The van der Waals surface area contributed by atoms with E-state index in [0.29, 0.717) is 143 Å². The molecule has 0 saturated carbocycles. The maximum atomic E-state index is 8.59. The lowest BCUT2D eigenvalue weighted by atomic mass is 9.77. The van der Waals surface area contributed by atoms with Crippen LogP contribution in [0.3, 0.4) is 0 Å². The number of hydrogen-bond acceptors (Lipinski definition) is 11. The van der Waals surface area contributed by atoms with Crippen LogP contribution in [0.15, 0.2) is 24.3 Å². The summed E-state index contributed by atoms with van der Waals surface area (Å²) in [5.74, 6) is 2.74. The van der Waals surface area contributed by atoms with Crippen LogP contribution in [0.25, 0.3) is 0 Å². The summed E-state index contributed by atoms with van der Waals surface area (Å²) in [6.45, 7) is 18.8. The van der Waals surface area contributed by atoms with Crippen LogP contribution in [-0.2, 0) is 42.6 Å². The van der Waals surface area contributed by atoms with Crippen LogP contribution >= 0.6 is 0 Å². The van der Waals surface area contributed by atoms with Crippen molar-refractivity contribution < 1.29 is 52.5 Å². The minimum absolute atomic E-state index is 0.0273. The summed E-state index contributed by atoms with van der Waals surface area (Å²) in [5, 5.41) is 8.59. The fourth-order valence-corrected chi connectivity index (χ4v) is 4.91. The van der Waals surface area contributed by atoms with Crippen molar-refractivity contribution in [3.63, 3.8) is 0 Å². The Balaban J connectivity index is 1.83. The summed E-state index contributed by atoms with van der Waals surface area (Å²) in [7, 11) is 0. The van der Waals surface area contributed by atoms with E-state index in [1.54, 1.807) is 0 Å². The van der Waals surface area contributed by atoms with Crippen LogP contribution in [0.1, 0.15) is 52.0 Å². The van der Waals surface area contributed by atoms with Crippen molar-refractivity contribution >= 4 is 0 Å². The molecule has 0 saturated heterocycles. The normalized spacial score (nSPS) is 13.6. The van der Waals surface area contributed by atoms with Crippen molar-refractivity contribution in [3.8, 4) is 5.75 Å². The first-order valence-electron chi connectivity index (χ1n) is 17.2. The van der Waals surface area contributed by atoms with Gasteiger partial charge in [0.1, 0.15) is 12.4 Å². The average Bonchev–Trinajstić information content (AvgIpc) is 3.07. The number of ether oxygens (including phenoxy) is 10. The van der Waals surface area contributed by atoms with Gasteiger partial charge >= 0.3 is 0 Å². The van der Waals surface area contributed by atoms with Gasteiger partial charge in [-0.1, -0.05) is 58.7 Å². The number of para-hydroxylation sites is 1. The summed E-state index contributed by atoms with van der Waals surface area (Å²) in [5.41, 5.74) is 1.29. The highest BCUT2D eigenvalue weighted by atomic mass is 16.6. The predicted molar refractivity (Wildman–Crippen MR) is 178 cm³/mol. The zero-order chi connectivity index (χ0) is 33.3. The molecule has 11 heteroatoms. The van der Waals surface area contributed by atoms with E-state index < -0.39 is 0 Å². The highest BCUT2D eigenvalue weighted by molar-refractivity contribution is 5.36. The van der Waals surface area contributed by atoms with E-state index in [-0.39, 0.29) is 6.61 Å². The Morgan fingerprint density at radius 2 is 0.826 bits per heavy atom. The van der Waals surface area contributed by atoms with Gasteiger partial charge < -0.3 is 52.5 Å². The zero-order valence-electron chi connectivity index (χ0n) is 29.1. The Hall–Kier alpha value is -1.38. The molecule has 0 heterocycles. The summed E-state index contributed by atoms with van der Waals surface area (Å²) in [6, 6.07) is 8.40.